The lowest BCUT2D eigenvalue weighted by Crippen LogP contribution is -2.35. The molecule has 0 unspecified atom stereocenters. The quantitative estimate of drug-likeness (QED) is 0.542. The second kappa shape index (κ2) is 7.31. The Kier molecular flexibility index (Phi) is 4.40. The Balaban J connectivity index is 1.35. The monoisotopic (exact) mass is 443 g/mol. The number of nitrogens with zero attached hydrogens (tertiary/aromatic N) is 5. The molecule has 0 radical (unpaired) electrons. The van der Waals surface area contributed by atoms with Gasteiger partial charge in [-0.25, -0.2) is 0 Å². The third-order valence-corrected chi connectivity index (χ3v) is 7.48. The molecule has 1 atom stereocenters. The first-order valence-corrected chi connectivity index (χ1v) is 11.7. The maximum Gasteiger partial charge on any atom is 0.257 e. The fraction of sp³-hybridized carbons (Fsp3) is 0.333. The van der Waals surface area contributed by atoms with Gasteiger partial charge in [0.15, 0.2) is 5.82 Å². The summed E-state index contributed by atoms with van der Waals surface area (Å²) in [6.45, 7) is 2.99. The molecule has 160 valence electrons. The van der Waals surface area contributed by atoms with Gasteiger partial charge in [0.05, 0.1) is 23.0 Å². The fourth-order valence-electron chi connectivity index (χ4n) is 4.92. The van der Waals surface area contributed by atoms with Crippen LogP contribution in [0.3, 0.4) is 0 Å². The Labute approximate surface area is 189 Å². The molecule has 1 fully saturated rings. The van der Waals surface area contributed by atoms with Crippen LogP contribution in [0.25, 0.3) is 5.00 Å². The van der Waals surface area contributed by atoms with Crippen LogP contribution in [-0.2, 0) is 11.2 Å². The number of aryl methyl sites for hydroxylation is 2. The Morgan fingerprint density at radius 2 is 2.06 bits per heavy atom. The van der Waals surface area contributed by atoms with Crippen LogP contribution in [0.15, 0.2) is 30.3 Å². The average molecular weight is 444 g/mol. The molecular weight excluding hydrogens is 422 g/mol. The first-order chi connectivity index (χ1) is 15.6. The maximum atomic E-state index is 13.3. The first-order valence-electron chi connectivity index (χ1n) is 10.9. The number of benzene rings is 1. The fourth-order valence-corrected chi connectivity index (χ4v) is 6.00. The topological polar surface area (TPSA) is 71.3 Å². The summed E-state index contributed by atoms with van der Waals surface area (Å²) >= 11 is 1.48. The van der Waals surface area contributed by atoms with Gasteiger partial charge in [0.2, 0.25) is 5.91 Å². The lowest BCUT2D eigenvalue weighted by atomic mass is 10.0. The highest BCUT2D eigenvalue weighted by Gasteiger charge is 2.39. The molecule has 0 aliphatic carbocycles. The van der Waals surface area contributed by atoms with Crippen molar-refractivity contribution >= 4 is 28.8 Å². The molecule has 0 saturated carbocycles. The number of amides is 2. The second-order valence-electron chi connectivity index (χ2n) is 8.34. The van der Waals surface area contributed by atoms with Crippen LogP contribution >= 0.6 is 11.3 Å². The standard InChI is InChI=1S/C24H21N5O2S/c1-15-25-26-22-20-9-5-13-28(20)23(31)18-14-17(32-24(18)29(15)22)7-4-12-27-19-8-3-2-6-16(19)10-11-21(27)30/h2-3,6,8,14,20H,5,9-13H2,1H3/t20-/m1/s1. The number of carbonyl (C=O) groups excluding carboxylic acids is 2. The normalized spacial score (nSPS) is 19.0. The summed E-state index contributed by atoms with van der Waals surface area (Å²) in [6, 6.07) is 9.86. The van der Waals surface area contributed by atoms with E-state index >= 15 is 0 Å². The molecule has 8 heteroatoms. The largest absolute Gasteiger partial charge is 0.328 e. The van der Waals surface area contributed by atoms with E-state index in [2.05, 4.69) is 28.1 Å². The van der Waals surface area contributed by atoms with E-state index in [9.17, 15) is 9.59 Å². The van der Waals surface area contributed by atoms with Crippen molar-refractivity contribution in [2.75, 3.05) is 18.0 Å². The van der Waals surface area contributed by atoms with Crippen molar-refractivity contribution in [3.05, 3.63) is 58.0 Å². The van der Waals surface area contributed by atoms with Gasteiger partial charge in [-0.15, -0.1) is 21.5 Å². The predicted octanol–water partition coefficient (Wildman–Crippen LogP) is 3.26. The van der Waals surface area contributed by atoms with Crippen LogP contribution in [0.5, 0.6) is 0 Å². The van der Waals surface area contributed by atoms with Crippen LogP contribution in [0, 0.1) is 18.8 Å². The van der Waals surface area contributed by atoms with Gasteiger partial charge in [0.25, 0.3) is 5.91 Å². The van der Waals surface area contributed by atoms with Gasteiger partial charge in [-0.3, -0.25) is 14.2 Å². The number of para-hydroxylation sites is 1. The van der Waals surface area contributed by atoms with Crippen molar-refractivity contribution in [2.45, 2.75) is 38.6 Å². The Bertz CT molecular complexity index is 1330. The van der Waals surface area contributed by atoms with E-state index in [0.29, 0.717) is 18.5 Å². The van der Waals surface area contributed by atoms with Crippen LogP contribution in [0.4, 0.5) is 5.69 Å². The van der Waals surface area contributed by atoms with Crippen LogP contribution in [0.2, 0.25) is 0 Å². The molecule has 6 rings (SSSR count). The van der Waals surface area contributed by atoms with Crippen LogP contribution < -0.4 is 4.90 Å². The number of hydrogen-bond donors (Lipinski definition) is 0. The molecule has 0 spiro atoms. The van der Waals surface area contributed by atoms with E-state index < -0.39 is 0 Å². The molecule has 32 heavy (non-hydrogen) atoms. The van der Waals surface area contributed by atoms with Gasteiger partial charge in [-0.2, -0.15) is 0 Å². The van der Waals surface area contributed by atoms with Crippen molar-refractivity contribution in [3.8, 4) is 16.8 Å². The van der Waals surface area contributed by atoms with E-state index in [1.54, 1.807) is 4.90 Å². The Morgan fingerprint density at radius 1 is 1.19 bits per heavy atom. The molecule has 3 aliphatic rings. The van der Waals surface area contributed by atoms with Crippen molar-refractivity contribution in [2.24, 2.45) is 0 Å². The molecular formula is C24H21N5O2S. The molecule has 7 nitrogen and oxygen atoms in total. The van der Waals surface area contributed by atoms with Gasteiger partial charge in [-0.1, -0.05) is 30.0 Å². The summed E-state index contributed by atoms with van der Waals surface area (Å²) in [7, 11) is 0. The number of hydrogen-bond acceptors (Lipinski definition) is 5. The smallest absolute Gasteiger partial charge is 0.257 e. The summed E-state index contributed by atoms with van der Waals surface area (Å²) in [5, 5.41) is 9.53. The minimum Gasteiger partial charge on any atom is -0.328 e. The van der Waals surface area contributed by atoms with E-state index in [4.69, 9.17) is 0 Å². The minimum atomic E-state index is -0.0111. The summed E-state index contributed by atoms with van der Waals surface area (Å²) in [5.74, 6) is 8.10. The summed E-state index contributed by atoms with van der Waals surface area (Å²) in [4.78, 5) is 30.2. The maximum absolute atomic E-state index is 13.3. The number of carbonyl (C=O) groups is 2. The third-order valence-electron chi connectivity index (χ3n) is 6.45. The lowest BCUT2D eigenvalue weighted by Gasteiger charge is -2.27. The van der Waals surface area contributed by atoms with Crippen molar-refractivity contribution in [1.82, 2.24) is 19.7 Å². The third kappa shape index (κ3) is 2.88. The molecule has 3 aliphatic heterocycles. The van der Waals surface area contributed by atoms with Crippen molar-refractivity contribution in [1.29, 1.82) is 0 Å². The van der Waals surface area contributed by atoms with Crippen molar-refractivity contribution in [3.63, 3.8) is 0 Å². The molecule has 5 heterocycles. The SMILES string of the molecule is Cc1nnc2n1-c1sc(C#CCN3C(=O)CCc4ccccc43)cc1C(=O)N1CCC[C@H]21. The zero-order chi connectivity index (χ0) is 21.8. The zero-order valence-corrected chi connectivity index (χ0v) is 18.5. The van der Waals surface area contributed by atoms with Gasteiger partial charge in [-0.05, 0) is 43.9 Å². The van der Waals surface area contributed by atoms with Crippen LogP contribution in [-0.4, -0.2) is 44.6 Å². The Morgan fingerprint density at radius 3 is 2.97 bits per heavy atom. The number of aromatic nitrogens is 3. The molecule has 3 aromatic rings. The average Bonchev–Trinajstić information content (AvgIpc) is 3.51. The first kappa shape index (κ1) is 19.3. The zero-order valence-electron chi connectivity index (χ0n) is 17.7. The number of fused-ring (bicyclic) bond motifs is 6. The van der Waals surface area contributed by atoms with E-state index in [1.807, 2.05) is 40.7 Å². The highest BCUT2D eigenvalue weighted by atomic mass is 32.1. The van der Waals surface area contributed by atoms with E-state index in [0.717, 1.165) is 53.0 Å². The van der Waals surface area contributed by atoms with Gasteiger partial charge in [0.1, 0.15) is 10.8 Å². The number of thiophene rings is 1. The summed E-state index contributed by atoms with van der Waals surface area (Å²) in [6.07, 6.45) is 3.17. The van der Waals surface area contributed by atoms with Crippen LogP contribution in [0.1, 0.15) is 57.8 Å². The van der Waals surface area contributed by atoms with Gasteiger partial charge >= 0.3 is 0 Å². The van der Waals surface area contributed by atoms with Gasteiger partial charge in [0, 0.05) is 18.7 Å². The lowest BCUT2D eigenvalue weighted by molar-refractivity contribution is -0.118. The second-order valence-corrected chi connectivity index (χ2v) is 9.37. The van der Waals surface area contributed by atoms with Gasteiger partial charge < -0.3 is 9.80 Å². The highest BCUT2D eigenvalue weighted by Crippen LogP contribution is 2.40. The number of anilines is 1. The molecule has 2 amide bonds. The predicted molar refractivity (Wildman–Crippen MR) is 121 cm³/mol. The Hall–Kier alpha value is -3.44. The summed E-state index contributed by atoms with van der Waals surface area (Å²) in [5.41, 5.74) is 2.78. The molecule has 1 aromatic carbocycles. The molecule has 0 N–H and O–H groups in total. The molecule has 0 bridgehead atoms. The molecule has 1 saturated heterocycles. The number of rotatable bonds is 1. The summed E-state index contributed by atoms with van der Waals surface area (Å²) < 4.78 is 2.02. The van der Waals surface area contributed by atoms with E-state index in [-0.39, 0.29) is 17.9 Å². The van der Waals surface area contributed by atoms with Crippen molar-refractivity contribution < 1.29 is 9.59 Å². The molecule has 2 aromatic heterocycles. The highest BCUT2D eigenvalue weighted by molar-refractivity contribution is 7.15. The minimum absolute atomic E-state index is 0.0111. The van der Waals surface area contributed by atoms with E-state index in [1.165, 1.54) is 16.9 Å².